The Morgan fingerprint density at radius 1 is 1.26 bits per heavy atom. The molecule has 104 valence electrons. The van der Waals surface area contributed by atoms with E-state index in [1.54, 1.807) is 26.2 Å². The zero-order valence-corrected chi connectivity index (χ0v) is 11.5. The summed E-state index contributed by atoms with van der Waals surface area (Å²) >= 11 is 0. The first kappa shape index (κ1) is 15.0. The van der Waals surface area contributed by atoms with Gasteiger partial charge in [0.1, 0.15) is 5.75 Å². The molecule has 19 heavy (non-hydrogen) atoms. The van der Waals surface area contributed by atoms with Gasteiger partial charge in [-0.2, -0.15) is 0 Å². The van der Waals surface area contributed by atoms with Gasteiger partial charge in [0.2, 0.25) is 5.91 Å². The maximum absolute atomic E-state index is 11.6. The molecule has 0 aliphatic carbocycles. The lowest BCUT2D eigenvalue weighted by molar-refractivity contribution is -0.144. The molecule has 1 N–H and O–H groups in total. The van der Waals surface area contributed by atoms with Crippen molar-refractivity contribution in [3.63, 3.8) is 0 Å². The van der Waals surface area contributed by atoms with E-state index in [0.717, 1.165) is 11.3 Å². The molecule has 0 aromatic heterocycles. The number of hydrogen-bond acceptors (Lipinski definition) is 4. The van der Waals surface area contributed by atoms with Gasteiger partial charge in [-0.1, -0.05) is 0 Å². The molecule has 1 amide bonds. The lowest BCUT2D eigenvalue weighted by atomic mass is 10.2. The highest BCUT2D eigenvalue weighted by atomic mass is 16.5. The standard InChI is InChI=1S/C14H19NO4/c1-4-19-14(17)8-7-13(16)15-11-5-6-12(18-3)10(2)9-11/h5-6,9H,4,7-8H2,1-3H3,(H,15,16). The Labute approximate surface area is 112 Å². The van der Waals surface area contributed by atoms with Crippen molar-refractivity contribution in [2.75, 3.05) is 19.0 Å². The summed E-state index contributed by atoms with van der Waals surface area (Å²) in [6.07, 6.45) is 0.207. The van der Waals surface area contributed by atoms with Gasteiger partial charge in [0.05, 0.1) is 20.1 Å². The van der Waals surface area contributed by atoms with E-state index in [4.69, 9.17) is 9.47 Å². The van der Waals surface area contributed by atoms with E-state index in [-0.39, 0.29) is 24.7 Å². The smallest absolute Gasteiger partial charge is 0.306 e. The Morgan fingerprint density at radius 3 is 2.58 bits per heavy atom. The van der Waals surface area contributed by atoms with Crippen LogP contribution in [0.5, 0.6) is 5.75 Å². The third-order valence-corrected chi connectivity index (χ3v) is 2.54. The van der Waals surface area contributed by atoms with E-state index in [0.29, 0.717) is 12.3 Å². The molecular formula is C14H19NO4. The van der Waals surface area contributed by atoms with Gasteiger partial charge >= 0.3 is 5.97 Å². The highest BCUT2D eigenvalue weighted by Crippen LogP contribution is 2.21. The highest BCUT2D eigenvalue weighted by Gasteiger charge is 2.08. The van der Waals surface area contributed by atoms with Crippen molar-refractivity contribution < 1.29 is 19.1 Å². The van der Waals surface area contributed by atoms with Crippen molar-refractivity contribution in [1.82, 2.24) is 0 Å². The van der Waals surface area contributed by atoms with Crippen LogP contribution < -0.4 is 10.1 Å². The molecule has 0 aliphatic heterocycles. The minimum Gasteiger partial charge on any atom is -0.496 e. The monoisotopic (exact) mass is 265 g/mol. The lowest BCUT2D eigenvalue weighted by Gasteiger charge is -2.09. The lowest BCUT2D eigenvalue weighted by Crippen LogP contribution is -2.14. The number of nitrogens with one attached hydrogen (secondary N) is 1. The Hall–Kier alpha value is -2.04. The summed E-state index contributed by atoms with van der Waals surface area (Å²) in [4.78, 5) is 22.8. The van der Waals surface area contributed by atoms with E-state index >= 15 is 0 Å². The molecule has 1 aromatic carbocycles. The van der Waals surface area contributed by atoms with Gasteiger partial charge in [-0.25, -0.2) is 0 Å². The fourth-order valence-electron chi connectivity index (χ4n) is 1.63. The summed E-state index contributed by atoms with van der Waals surface area (Å²) < 4.78 is 9.89. The van der Waals surface area contributed by atoms with Crippen molar-refractivity contribution in [1.29, 1.82) is 0 Å². The van der Waals surface area contributed by atoms with Crippen LogP contribution in [-0.4, -0.2) is 25.6 Å². The predicted molar refractivity (Wildman–Crippen MR) is 72.2 cm³/mol. The normalized spacial score (nSPS) is 9.84. The molecule has 0 saturated carbocycles. The van der Waals surface area contributed by atoms with E-state index in [1.165, 1.54) is 0 Å². The molecule has 1 aromatic rings. The maximum Gasteiger partial charge on any atom is 0.306 e. The highest BCUT2D eigenvalue weighted by molar-refractivity contribution is 5.92. The van der Waals surface area contributed by atoms with Crippen molar-refractivity contribution >= 4 is 17.6 Å². The first-order valence-electron chi connectivity index (χ1n) is 6.17. The van der Waals surface area contributed by atoms with Crippen LogP contribution in [0.1, 0.15) is 25.3 Å². The summed E-state index contributed by atoms with van der Waals surface area (Å²) in [5.41, 5.74) is 1.62. The molecule has 0 atom stereocenters. The topological polar surface area (TPSA) is 64.6 Å². The van der Waals surface area contributed by atoms with Crippen LogP contribution in [0.25, 0.3) is 0 Å². The van der Waals surface area contributed by atoms with Gasteiger partial charge in [0, 0.05) is 12.1 Å². The maximum atomic E-state index is 11.6. The second-order valence-corrected chi connectivity index (χ2v) is 4.04. The zero-order chi connectivity index (χ0) is 14.3. The molecule has 0 unspecified atom stereocenters. The van der Waals surface area contributed by atoms with Crippen molar-refractivity contribution in [2.45, 2.75) is 26.7 Å². The van der Waals surface area contributed by atoms with Crippen molar-refractivity contribution in [3.8, 4) is 5.75 Å². The van der Waals surface area contributed by atoms with Crippen LogP contribution in [0, 0.1) is 6.92 Å². The number of carbonyl (C=O) groups is 2. The van der Waals surface area contributed by atoms with Gasteiger partial charge < -0.3 is 14.8 Å². The quantitative estimate of drug-likeness (QED) is 0.801. The number of esters is 1. The van der Waals surface area contributed by atoms with Gasteiger partial charge in [-0.15, -0.1) is 0 Å². The number of benzene rings is 1. The molecule has 0 bridgehead atoms. The molecule has 0 heterocycles. The fraction of sp³-hybridized carbons (Fsp3) is 0.429. The SMILES string of the molecule is CCOC(=O)CCC(=O)Nc1ccc(OC)c(C)c1. The predicted octanol–water partition coefficient (Wildman–Crippen LogP) is 2.29. The molecule has 0 aliphatic rings. The summed E-state index contributed by atoms with van der Waals surface area (Å²) in [5.74, 6) is 0.200. The van der Waals surface area contributed by atoms with Gasteiger partial charge in [-0.05, 0) is 37.6 Å². The first-order chi connectivity index (χ1) is 9.06. The number of methoxy groups -OCH3 is 1. The fourth-order valence-corrected chi connectivity index (χ4v) is 1.63. The molecule has 0 saturated heterocycles. The Kier molecular flexibility index (Phi) is 5.85. The van der Waals surface area contributed by atoms with Crippen LogP contribution in [0.3, 0.4) is 0 Å². The number of ether oxygens (including phenoxy) is 2. The number of carbonyl (C=O) groups excluding carboxylic acids is 2. The zero-order valence-electron chi connectivity index (χ0n) is 11.5. The second kappa shape index (κ2) is 7.41. The van der Waals surface area contributed by atoms with Gasteiger partial charge in [-0.3, -0.25) is 9.59 Å². The molecule has 5 nitrogen and oxygen atoms in total. The Bertz CT molecular complexity index is 457. The van der Waals surface area contributed by atoms with E-state index in [9.17, 15) is 9.59 Å². The van der Waals surface area contributed by atoms with Crippen LogP contribution in [0.4, 0.5) is 5.69 Å². The van der Waals surface area contributed by atoms with Gasteiger partial charge in [0.25, 0.3) is 0 Å². The number of anilines is 1. The van der Waals surface area contributed by atoms with Crippen LogP contribution in [-0.2, 0) is 14.3 Å². The number of amides is 1. The second-order valence-electron chi connectivity index (χ2n) is 4.04. The molecule has 0 radical (unpaired) electrons. The molecular weight excluding hydrogens is 246 g/mol. The third-order valence-electron chi connectivity index (χ3n) is 2.54. The molecule has 1 rings (SSSR count). The van der Waals surface area contributed by atoms with E-state index in [2.05, 4.69) is 5.32 Å². The summed E-state index contributed by atoms with van der Waals surface area (Å²) in [6, 6.07) is 5.37. The molecule has 5 heteroatoms. The average molecular weight is 265 g/mol. The largest absolute Gasteiger partial charge is 0.496 e. The van der Waals surface area contributed by atoms with Crippen molar-refractivity contribution in [3.05, 3.63) is 23.8 Å². The molecule has 0 fully saturated rings. The van der Waals surface area contributed by atoms with Crippen molar-refractivity contribution in [2.24, 2.45) is 0 Å². The van der Waals surface area contributed by atoms with E-state index < -0.39 is 0 Å². The number of hydrogen-bond donors (Lipinski definition) is 1. The van der Waals surface area contributed by atoms with E-state index in [1.807, 2.05) is 13.0 Å². The summed E-state index contributed by atoms with van der Waals surface area (Å²) in [5, 5.41) is 2.73. The Balaban J connectivity index is 2.48. The van der Waals surface area contributed by atoms with Crippen LogP contribution >= 0.6 is 0 Å². The van der Waals surface area contributed by atoms with Gasteiger partial charge in [0.15, 0.2) is 0 Å². The first-order valence-corrected chi connectivity index (χ1v) is 6.17. The molecule has 0 spiro atoms. The number of rotatable bonds is 6. The van der Waals surface area contributed by atoms with Crippen LogP contribution in [0.15, 0.2) is 18.2 Å². The average Bonchev–Trinajstić information content (AvgIpc) is 2.37. The summed E-state index contributed by atoms with van der Waals surface area (Å²) in [6.45, 7) is 3.96. The van der Waals surface area contributed by atoms with Crippen LogP contribution in [0.2, 0.25) is 0 Å². The Morgan fingerprint density at radius 2 is 2.00 bits per heavy atom. The third kappa shape index (κ3) is 4.99. The minimum absolute atomic E-state index is 0.0921. The minimum atomic E-state index is -0.358. The number of aryl methyl sites for hydroxylation is 1. The summed E-state index contributed by atoms with van der Waals surface area (Å²) in [7, 11) is 1.60.